The quantitative estimate of drug-likeness (QED) is 0.492. The number of anilines is 1. The zero-order chi connectivity index (χ0) is 21.8. The predicted molar refractivity (Wildman–Crippen MR) is 113 cm³/mol. The maximum absolute atomic E-state index is 12.9. The van der Waals surface area contributed by atoms with E-state index in [0.29, 0.717) is 28.6 Å². The number of carbonyl (C=O) groups excluding carboxylic acids is 2. The SMILES string of the molecule is CCOc1ccc(N2CC(C(=O)N(C)Cc3cc([N+](=O)[O-])ccc3Cl)CC2=O)cc1. The van der Waals surface area contributed by atoms with Gasteiger partial charge in [-0.3, -0.25) is 19.7 Å². The van der Waals surface area contributed by atoms with Crippen LogP contribution in [0.2, 0.25) is 5.02 Å². The van der Waals surface area contributed by atoms with Crippen LogP contribution in [-0.4, -0.2) is 41.8 Å². The second-order valence-electron chi connectivity index (χ2n) is 7.06. The van der Waals surface area contributed by atoms with Gasteiger partial charge in [0.15, 0.2) is 0 Å². The van der Waals surface area contributed by atoms with Gasteiger partial charge in [-0.15, -0.1) is 0 Å². The molecule has 1 saturated heterocycles. The van der Waals surface area contributed by atoms with Crippen LogP contribution in [0.4, 0.5) is 11.4 Å². The largest absolute Gasteiger partial charge is 0.494 e. The fourth-order valence-electron chi connectivity index (χ4n) is 3.45. The lowest BCUT2D eigenvalue weighted by Crippen LogP contribution is -2.34. The topological polar surface area (TPSA) is 93.0 Å². The lowest BCUT2D eigenvalue weighted by molar-refractivity contribution is -0.384. The minimum atomic E-state index is -0.508. The summed E-state index contributed by atoms with van der Waals surface area (Å²) in [4.78, 5) is 38.9. The van der Waals surface area contributed by atoms with Crippen LogP contribution >= 0.6 is 11.6 Å². The smallest absolute Gasteiger partial charge is 0.269 e. The Morgan fingerprint density at radius 1 is 1.30 bits per heavy atom. The van der Waals surface area contributed by atoms with Gasteiger partial charge in [-0.1, -0.05) is 11.6 Å². The minimum absolute atomic E-state index is 0.0898. The fraction of sp³-hybridized carbons (Fsp3) is 0.333. The van der Waals surface area contributed by atoms with Crippen molar-refractivity contribution in [2.45, 2.75) is 19.9 Å². The first-order chi connectivity index (χ1) is 14.3. The Morgan fingerprint density at radius 2 is 2.00 bits per heavy atom. The van der Waals surface area contributed by atoms with Crippen molar-refractivity contribution >= 4 is 34.8 Å². The second-order valence-corrected chi connectivity index (χ2v) is 7.47. The Balaban J connectivity index is 1.68. The Labute approximate surface area is 179 Å². The molecule has 1 heterocycles. The zero-order valence-corrected chi connectivity index (χ0v) is 17.5. The number of ether oxygens (including phenoxy) is 1. The first-order valence-corrected chi connectivity index (χ1v) is 9.89. The molecule has 1 fully saturated rings. The lowest BCUT2D eigenvalue weighted by atomic mass is 10.1. The van der Waals surface area contributed by atoms with Crippen molar-refractivity contribution in [2.24, 2.45) is 5.92 Å². The van der Waals surface area contributed by atoms with E-state index in [-0.39, 0.29) is 37.0 Å². The summed E-state index contributed by atoms with van der Waals surface area (Å²) in [6.45, 7) is 2.84. The molecule has 0 bridgehead atoms. The summed E-state index contributed by atoms with van der Waals surface area (Å²) >= 11 is 6.14. The molecular formula is C21H22ClN3O5. The van der Waals surface area contributed by atoms with Crippen LogP contribution in [0.5, 0.6) is 5.75 Å². The van der Waals surface area contributed by atoms with Crippen molar-refractivity contribution in [1.82, 2.24) is 4.90 Å². The summed E-state index contributed by atoms with van der Waals surface area (Å²) in [5, 5.41) is 11.3. The number of halogens is 1. The maximum atomic E-state index is 12.9. The first kappa shape index (κ1) is 21.6. The molecule has 2 amide bonds. The summed E-state index contributed by atoms with van der Waals surface area (Å²) in [7, 11) is 1.60. The number of non-ortho nitro benzene ring substituents is 1. The van der Waals surface area contributed by atoms with E-state index < -0.39 is 10.8 Å². The van der Waals surface area contributed by atoms with Crippen LogP contribution in [0.25, 0.3) is 0 Å². The van der Waals surface area contributed by atoms with Crippen LogP contribution in [0.3, 0.4) is 0 Å². The minimum Gasteiger partial charge on any atom is -0.494 e. The second kappa shape index (κ2) is 9.13. The molecule has 2 aromatic rings. The standard InChI is InChI=1S/C21H22ClN3O5/c1-3-30-18-7-4-16(5-8-18)24-13-15(11-20(24)26)21(27)23(2)12-14-10-17(25(28)29)6-9-19(14)22/h4-10,15H,3,11-13H2,1-2H3. The molecule has 8 nitrogen and oxygen atoms in total. The molecule has 1 aliphatic rings. The molecule has 0 spiro atoms. The van der Waals surface area contributed by atoms with Crippen LogP contribution in [0, 0.1) is 16.0 Å². The van der Waals surface area contributed by atoms with Crippen LogP contribution < -0.4 is 9.64 Å². The van der Waals surface area contributed by atoms with E-state index in [1.165, 1.54) is 23.1 Å². The number of benzene rings is 2. The monoisotopic (exact) mass is 431 g/mol. The van der Waals surface area contributed by atoms with E-state index in [2.05, 4.69) is 0 Å². The van der Waals surface area contributed by atoms with Gasteiger partial charge in [-0.05, 0) is 42.8 Å². The summed E-state index contributed by atoms with van der Waals surface area (Å²) in [5.41, 5.74) is 1.10. The highest BCUT2D eigenvalue weighted by Gasteiger charge is 2.36. The molecule has 0 N–H and O–H groups in total. The van der Waals surface area contributed by atoms with Gasteiger partial charge in [-0.2, -0.15) is 0 Å². The van der Waals surface area contributed by atoms with Crippen molar-refractivity contribution in [3.8, 4) is 5.75 Å². The average Bonchev–Trinajstić information content (AvgIpc) is 3.11. The van der Waals surface area contributed by atoms with Gasteiger partial charge in [0, 0.05) is 49.4 Å². The lowest BCUT2D eigenvalue weighted by Gasteiger charge is -2.22. The van der Waals surface area contributed by atoms with Gasteiger partial charge in [0.05, 0.1) is 17.4 Å². The Kier molecular flexibility index (Phi) is 6.56. The molecule has 2 aromatic carbocycles. The summed E-state index contributed by atoms with van der Waals surface area (Å²) < 4.78 is 5.41. The normalized spacial score (nSPS) is 15.9. The van der Waals surface area contributed by atoms with E-state index in [1.807, 2.05) is 6.92 Å². The van der Waals surface area contributed by atoms with Gasteiger partial charge in [-0.25, -0.2) is 0 Å². The third-order valence-electron chi connectivity index (χ3n) is 4.96. The van der Waals surface area contributed by atoms with Gasteiger partial charge in [0.2, 0.25) is 11.8 Å². The number of hydrogen-bond donors (Lipinski definition) is 0. The highest BCUT2D eigenvalue weighted by atomic mass is 35.5. The number of nitrogens with zero attached hydrogens (tertiary/aromatic N) is 3. The molecule has 9 heteroatoms. The van der Waals surface area contributed by atoms with Gasteiger partial charge >= 0.3 is 0 Å². The zero-order valence-electron chi connectivity index (χ0n) is 16.7. The average molecular weight is 432 g/mol. The molecule has 1 aliphatic heterocycles. The molecule has 30 heavy (non-hydrogen) atoms. The third-order valence-corrected chi connectivity index (χ3v) is 5.33. The van der Waals surface area contributed by atoms with Crippen molar-refractivity contribution in [3.63, 3.8) is 0 Å². The first-order valence-electron chi connectivity index (χ1n) is 9.51. The van der Waals surface area contributed by atoms with E-state index >= 15 is 0 Å². The van der Waals surface area contributed by atoms with Gasteiger partial charge in [0.25, 0.3) is 5.69 Å². The van der Waals surface area contributed by atoms with Gasteiger partial charge < -0.3 is 14.5 Å². The number of nitro groups is 1. The van der Waals surface area contributed by atoms with Crippen molar-refractivity contribution < 1.29 is 19.2 Å². The summed E-state index contributed by atoms with van der Waals surface area (Å²) in [5.74, 6) is -0.112. The number of amides is 2. The summed E-state index contributed by atoms with van der Waals surface area (Å²) in [6.07, 6.45) is 0.110. The van der Waals surface area contributed by atoms with Gasteiger partial charge in [0.1, 0.15) is 5.75 Å². The number of hydrogen-bond acceptors (Lipinski definition) is 5. The molecular weight excluding hydrogens is 410 g/mol. The molecule has 1 atom stereocenters. The van der Waals surface area contributed by atoms with Crippen LogP contribution in [-0.2, 0) is 16.1 Å². The number of nitro benzene ring substituents is 1. The molecule has 0 radical (unpaired) electrons. The maximum Gasteiger partial charge on any atom is 0.269 e. The van der Waals surface area contributed by atoms with E-state index in [1.54, 1.807) is 36.2 Å². The molecule has 3 rings (SSSR count). The van der Waals surface area contributed by atoms with Crippen LogP contribution in [0.1, 0.15) is 18.9 Å². The Hall–Kier alpha value is -3.13. The molecule has 158 valence electrons. The van der Waals surface area contributed by atoms with Crippen LogP contribution in [0.15, 0.2) is 42.5 Å². The Morgan fingerprint density at radius 3 is 2.63 bits per heavy atom. The number of rotatable bonds is 7. The van der Waals surface area contributed by atoms with Crippen molar-refractivity contribution in [1.29, 1.82) is 0 Å². The molecule has 0 aliphatic carbocycles. The van der Waals surface area contributed by atoms with E-state index in [4.69, 9.17) is 16.3 Å². The number of carbonyl (C=O) groups is 2. The molecule has 0 saturated carbocycles. The molecule has 0 aromatic heterocycles. The molecule has 1 unspecified atom stereocenters. The van der Waals surface area contributed by atoms with E-state index in [0.717, 1.165) is 0 Å². The van der Waals surface area contributed by atoms with E-state index in [9.17, 15) is 19.7 Å². The highest BCUT2D eigenvalue weighted by molar-refractivity contribution is 6.31. The Bertz CT molecular complexity index is 964. The van der Waals surface area contributed by atoms with Crippen molar-refractivity contribution in [3.05, 3.63) is 63.2 Å². The highest BCUT2D eigenvalue weighted by Crippen LogP contribution is 2.29. The predicted octanol–water partition coefficient (Wildman–Crippen LogP) is 3.66. The fourth-order valence-corrected chi connectivity index (χ4v) is 3.63. The summed E-state index contributed by atoms with van der Waals surface area (Å²) in [6, 6.07) is 11.3. The third kappa shape index (κ3) is 4.71. The van der Waals surface area contributed by atoms with Crippen molar-refractivity contribution in [2.75, 3.05) is 25.1 Å².